The first kappa shape index (κ1) is 13.9. The topological polar surface area (TPSA) is 49.8 Å². The van der Waals surface area contributed by atoms with E-state index < -0.39 is 11.5 Å². The van der Waals surface area contributed by atoms with E-state index in [1.807, 2.05) is 38.1 Å². The van der Waals surface area contributed by atoms with Crippen molar-refractivity contribution >= 4 is 11.7 Å². The predicted molar refractivity (Wildman–Crippen MR) is 74.0 cm³/mol. The molecule has 104 valence electrons. The van der Waals surface area contributed by atoms with Gasteiger partial charge in [-0.05, 0) is 26.3 Å². The number of esters is 1. The molecule has 1 unspecified atom stereocenters. The van der Waals surface area contributed by atoms with Gasteiger partial charge in [0.25, 0.3) is 0 Å². The summed E-state index contributed by atoms with van der Waals surface area (Å²) in [6.07, 6.45) is 0.280. The van der Waals surface area contributed by atoms with Gasteiger partial charge < -0.3 is 14.7 Å². The third-order valence-corrected chi connectivity index (χ3v) is 3.63. The quantitative estimate of drug-likeness (QED) is 0.849. The minimum absolute atomic E-state index is 0.212. The molecule has 4 heteroatoms. The van der Waals surface area contributed by atoms with Gasteiger partial charge in [-0.2, -0.15) is 0 Å². The first-order chi connectivity index (χ1) is 8.95. The van der Waals surface area contributed by atoms with Gasteiger partial charge in [0.15, 0.2) is 0 Å². The molecule has 19 heavy (non-hydrogen) atoms. The van der Waals surface area contributed by atoms with Gasteiger partial charge in [0.05, 0.1) is 18.6 Å². The Balaban J connectivity index is 2.24. The standard InChI is InChI=1S/C15H21NO3/c1-15(2,14(18)19-3)10-16-9-8-13(17)11-6-4-5-7-12(11)16/h4-7,13,17H,8-10H2,1-3H3. The largest absolute Gasteiger partial charge is 0.469 e. The number of hydrogen-bond acceptors (Lipinski definition) is 4. The summed E-state index contributed by atoms with van der Waals surface area (Å²) in [6, 6.07) is 7.81. The molecule has 0 saturated heterocycles. The van der Waals surface area contributed by atoms with E-state index >= 15 is 0 Å². The molecule has 0 spiro atoms. The maximum Gasteiger partial charge on any atom is 0.313 e. The summed E-state index contributed by atoms with van der Waals surface area (Å²) >= 11 is 0. The second-order valence-electron chi connectivity index (χ2n) is 5.66. The first-order valence-electron chi connectivity index (χ1n) is 6.56. The molecule has 0 bridgehead atoms. The van der Waals surface area contributed by atoms with Crippen molar-refractivity contribution in [3.63, 3.8) is 0 Å². The van der Waals surface area contributed by atoms with E-state index in [2.05, 4.69) is 4.90 Å². The lowest BCUT2D eigenvalue weighted by atomic mass is 9.90. The molecule has 0 fully saturated rings. The second kappa shape index (κ2) is 5.21. The Hall–Kier alpha value is -1.55. The highest BCUT2D eigenvalue weighted by Crippen LogP contribution is 2.35. The van der Waals surface area contributed by atoms with E-state index in [4.69, 9.17) is 4.74 Å². The number of ether oxygens (including phenoxy) is 1. The molecule has 0 saturated carbocycles. The number of methoxy groups -OCH3 is 1. The van der Waals surface area contributed by atoms with Gasteiger partial charge in [-0.15, -0.1) is 0 Å². The van der Waals surface area contributed by atoms with Crippen molar-refractivity contribution in [1.82, 2.24) is 0 Å². The van der Waals surface area contributed by atoms with Crippen LogP contribution in [0.25, 0.3) is 0 Å². The van der Waals surface area contributed by atoms with Crippen molar-refractivity contribution in [1.29, 1.82) is 0 Å². The number of carbonyl (C=O) groups is 1. The normalized spacial score (nSPS) is 18.9. The molecular weight excluding hydrogens is 242 g/mol. The maximum atomic E-state index is 11.8. The van der Waals surface area contributed by atoms with Crippen molar-refractivity contribution < 1.29 is 14.6 Å². The van der Waals surface area contributed by atoms with Crippen LogP contribution in [0.4, 0.5) is 5.69 Å². The molecule has 1 N–H and O–H groups in total. The summed E-state index contributed by atoms with van der Waals surface area (Å²) in [6.45, 7) is 5.10. The summed E-state index contributed by atoms with van der Waals surface area (Å²) in [4.78, 5) is 13.9. The van der Waals surface area contributed by atoms with Crippen LogP contribution >= 0.6 is 0 Å². The number of carbonyl (C=O) groups excluding carboxylic acids is 1. The smallest absolute Gasteiger partial charge is 0.313 e. The molecule has 0 amide bonds. The third-order valence-electron chi connectivity index (χ3n) is 3.63. The van der Waals surface area contributed by atoms with E-state index in [1.54, 1.807) is 0 Å². The Morgan fingerprint density at radius 1 is 1.47 bits per heavy atom. The second-order valence-corrected chi connectivity index (χ2v) is 5.66. The third kappa shape index (κ3) is 2.73. The van der Waals surface area contributed by atoms with Crippen molar-refractivity contribution in [2.24, 2.45) is 5.41 Å². The Bertz CT molecular complexity index is 470. The molecule has 2 rings (SSSR count). The van der Waals surface area contributed by atoms with Gasteiger partial charge in [-0.1, -0.05) is 18.2 Å². The fourth-order valence-electron chi connectivity index (χ4n) is 2.59. The molecule has 0 radical (unpaired) electrons. The van der Waals surface area contributed by atoms with Crippen LogP contribution in [0.5, 0.6) is 0 Å². The molecule has 1 aromatic carbocycles. The highest BCUT2D eigenvalue weighted by atomic mass is 16.5. The van der Waals surface area contributed by atoms with Gasteiger partial charge in [-0.25, -0.2) is 0 Å². The monoisotopic (exact) mass is 263 g/mol. The number of anilines is 1. The zero-order chi connectivity index (χ0) is 14.0. The minimum atomic E-state index is -0.565. The van der Waals surface area contributed by atoms with Crippen LogP contribution in [0.3, 0.4) is 0 Å². The Kier molecular flexibility index (Phi) is 3.80. The van der Waals surface area contributed by atoms with Crippen LogP contribution in [-0.4, -0.2) is 31.3 Å². The summed E-state index contributed by atoms with van der Waals surface area (Å²) in [5, 5.41) is 10.0. The highest BCUT2D eigenvalue weighted by Gasteiger charge is 2.33. The number of rotatable bonds is 3. The van der Waals surface area contributed by atoms with Gasteiger partial charge >= 0.3 is 5.97 Å². The Morgan fingerprint density at radius 2 is 2.16 bits per heavy atom. The SMILES string of the molecule is COC(=O)C(C)(C)CN1CCC(O)c2ccccc21. The van der Waals surface area contributed by atoms with Crippen molar-refractivity contribution in [3.8, 4) is 0 Å². The van der Waals surface area contributed by atoms with E-state index in [1.165, 1.54) is 7.11 Å². The molecule has 0 aliphatic carbocycles. The summed E-state index contributed by atoms with van der Waals surface area (Å²) in [5.74, 6) is -0.212. The van der Waals surface area contributed by atoms with Crippen LogP contribution in [0, 0.1) is 5.41 Å². The fourth-order valence-corrected chi connectivity index (χ4v) is 2.59. The molecule has 0 aromatic heterocycles. The molecule has 4 nitrogen and oxygen atoms in total. The first-order valence-corrected chi connectivity index (χ1v) is 6.56. The molecule has 1 aromatic rings. The molecule has 1 heterocycles. The molecule has 1 atom stereocenters. The highest BCUT2D eigenvalue weighted by molar-refractivity contribution is 5.77. The average Bonchev–Trinajstić information content (AvgIpc) is 2.41. The number of aliphatic hydroxyl groups excluding tert-OH is 1. The van der Waals surface area contributed by atoms with E-state index in [9.17, 15) is 9.90 Å². The summed E-state index contributed by atoms with van der Waals surface area (Å²) in [5.41, 5.74) is 1.39. The number of aliphatic hydroxyl groups is 1. The Labute approximate surface area is 114 Å². The van der Waals surface area contributed by atoms with Gasteiger partial charge in [-0.3, -0.25) is 4.79 Å². The van der Waals surface area contributed by atoms with Crippen molar-refractivity contribution in [3.05, 3.63) is 29.8 Å². The van der Waals surface area contributed by atoms with Crippen molar-refractivity contribution in [2.45, 2.75) is 26.4 Å². The van der Waals surface area contributed by atoms with E-state index in [0.717, 1.165) is 17.8 Å². The van der Waals surface area contributed by atoms with Crippen LogP contribution in [0.2, 0.25) is 0 Å². The number of benzene rings is 1. The lowest BCUT2D eigenvalue weighted by molar-refractivity contribution is -0.150. The van der Waals surface area contributed by atoms with Crippen LogP contribution in [0.15, 0.2) is 24.3 Å². The van der Waals surface area contributed by atoms with Gasteiger partial charge in [0, 0.05) is 24.3 Å². The predicted octanol–water partition coefficient (Wildman–Crippen LogP) is 2.13. The summed E-state index contributed by atoms with van der Waals surface area (Å²) in [7, 11) is 1.41. The number of para-hydroxylation sites is 1. The average molecular weight is 263 g/mol. The van der Waals surface area contributed by atoms with E-state index in [-0.39, 0.29) is 5.97 Å². The van der Waals surface area contributed by atoms with Gasteiger partial charge in [0.1, 0.15) is 0 Å². The van der Waals surface area contributed by atoms with Crippen molar-refractivity contribution in [2.75, 3.05) is 25.1 Å². The minimum Gasteiger partial charge on any atom is -0.469 e. The lowest BCUT2D eigenvalue weighted by Gasteiger charge is -2.37. The van der Waals surface area contributed by atoms with Crippen LogP contribution < -0.4 is 4.90 Å². The van der Waals surface area contributed by atoms with Gasteiger partial charge in [0.2, 0.25) is 0 Å². The van der Waals surface area contributed by atoms with Crippen LogP contribution in [-0.2, 0) is 9.53 Å². The Morgan fingerprint density at radius 3 is 2.84 bits per heavy atom. The molecule has 1 aliphatic rings. The molecule has 1 aliphatic heterocycles. The zero-order valence-corrected chi connectivity index (χ0v) is 11.7. The van der Waals surface area contributed by atoms with E-state index in [0.29, 0.717) is 13.0 Å². The zero-order valence-electron chi connectivity index (χ0n) is 11.7. The maximum absolute atomic E-state index is 11.8. The number of nitrogens with zero attached hydrogens (tertiary/aromatic N) is 1. The lowest BCUT2D eigenvalue weighted by Crippen LogP contribution is -2.42. The summed E-state index contributed by atoms with van der Waals surface area (Å²) < 4.78 is 4.85. The fraction of sp³-hybridized carbons (Fsp3) is 0.533. The van der Waals surface area contributed by atoms with Crippen LogP contribution in [0.1, 0.15) is 31.9 Å². The number of fused-ring (bicyclic) bond motifs is 1. The number of hydrogen-bond donors (Lipinski definition) is 1. The molecular formula is C15H21NO3.